The van der Waals surface area contributed by atoms with E-state index in [1.54, 1.807) is 0 Å². The van der Waals surface area contributed by atoms with Crippen molar-refractivity contribution in [3.05, 3.63) is 36.5 Å². The van der Waals surface area contributed by atoms with Gasteiger partial charge in [0.2, 0.25) is 0 Å². The van der Waals surface area contributed by atoms with Gasteiger partial charge in [0.1, 0.15) is 18.8 Å². The summed E-state index contributed by atoms with van der Waals surface area (Å²) in [6, 6.07) is 0. The number of rotatable bonds is 45. The SMILES string of the molecule is CCC/C=C\C/C=C\CCCCCCCC(=O)OCC(COC1OC(C(=O)O)C(O)C(O)C1OC(=O)CCCCCCCCCCCCC)OC(=O)CCCCCCC/C=C\CCCCCC. The van der Waals surface area contributed by atoms with Crippen molar-refractivity contribution in [1.29, 1.82) is 0 Å². The smallest absolute Gasteiger partial charge is 0.335 e. The number of esters is 3. The molecule has 0 saturated carbocycles. The summed E-state index contributed by atoms with van der Waals surface area (Å²) in [6.45, 7) is 5.87. The van der Waals surface area contributed by atoms with E-state index >= 15 is 0 Å². The molecule has 6 atom stereocenters. The zero-order valence-electron chi connectivity index (χ0n) is 42.4. The number of aliphatic carboxylic acids is 1. The molecule has 388 valence electrons. The van der Waals surface area contributed by atoms with Gasteiger partial charge in [0.25, 0.3) is 0 Å². The third kappa shape index (κ3) is 34.8. The van der Waals surface area contributed by atoms with Gasteiger partial charge in [-0.25, -0.2) is 4.79 Å². The standard InChI is InChI=1S/C55H96O12/c1-4-7-10-13-16-19-22-24-27-29-32-35-38-41-47(56)63-44-46(65-48(57)42-39-36-33-31-28-25-23-20-17-14-11-8-5-2)45-64-55-53(51(60)50(59)52(67-55)54(61)62)66-49(58)43-40-37-34-30-26-21-18-15-12-9-6-3/h10,13,19-20,22-23,46,50-53,55,59-60H,4-9,11-12,14-18,21,24-45H2,1-3H3,(H,61,62)/b13-10-,22-19-,23-20-. The normalized spacial score (nSPS) is 19.1. The van der Waals surface area contributed by atoms with Crippen LogP contribution in [0.1, 0.15) is 239 Å². The van der Waals surface area contributed by atoms with Crippen molar-refractivity contribution in [3.8, 4) is 0 Å². The molecule has 0 bridgehead atoms. The van der Waals surface area contributed by atoms with Crippen LogP contribution in [0.3, 0.4) is 0 Å². The second-order valence-electron chi connectivity index (χ2n) is 18.5. The summed E-state index contributed by atoms with van der Waals surface area (Å²) >= 11 is 0. The monoisotopic (exact) mass is 949 g/mol. The minimum atomic E-state index is -1.90. The van der Waals surface area contributed by atoms with Crippen LogP contribution in [0.2, 0.25) is 0 Å². The number of carbonyl (C=O) groups is 4. The van der Waals surface area contributed by atoms with Gasteiger partial charge >= 0.3 is 23.9 Å². The van der Waals surface area contributed by atoms with Crippen LogP contribution >= 0.6 is 0 Å². The number of allylic oxidation sites excluding steroid dienone is 6. The van der Waals surface area contributed by atoms with E-state index < -0.39 is 67.3 Å². The first-order valence-electron chi connectivity index (χ1n) is 27.0. The van der Waals surface area contributed by atoms with Gasteiger partial charge in [0.15, 0.2) is 24.6 Å². The van der Waals surface area contributed by atoms with E-state index in [0.29, 0.717) is 19.3 Å². The van der Waals surface area contributed by atoms with Crippen molar-refractivity contribution in [2.75, 3.05) is 13.2 Å². The molecule has 1 saturated heterocycles. The summed E-state index contributed by atoms with van der Waals surface area (Å²) in [6.07, 6.45) is 37.0. The number of aliphatic hydroxyl groups excluding tert-OH is 2. The van der Waals surface area contributed by atoms with E-state index in [4.69, 9.17) is 23.7 Å². The molecule has 1 rings (SSSR count). The molecule has 0 spiro atoms. The maximum Gasteiger partial charge on any atom is 0.335 e. The number of ether oxygens (including phenoxy) is 5. The summed E-state index contributed by atoms with van der Waals surface area (Å²) in [4.78, 5) is 50.8. The summed E-state index contributed by atoms with van der Waals surface area (Å²) in [5.41, 5.74) is 0. The zero-order chi connectivity index (χ0) is 49.0. The van der Waals surface area contributed by atoms with Gasteiger partial charge in [-0.05, 0) is 70.6 Å². The molecule has 3 N–H and O–H groups in total. The molecule has 0 aliphatic carbocycles. The van der Waals surface area contributed by atoms with E-state index in [1.165, 1.54) is 64.2 Å². The number of aliphatic hydroxyl groups is 2. The molecule has 0 aromatic carbocycles. The summed E-state index contributed by atoms with van der Waals surface area (Å²) in [5, 5.41) is 31.3. The predicted molar refractivity (Wildman–Crippen MR) is 266 cm³/mol. The van der Waals surface area contributed by atoms with E-state index in [0.717, 1.165) is 116 Å². The highest BCUT2D eigenvalue weighted by Crippen LogP contribution is 2.26. The highest BCUT2D eigenvalue weighted by Gasteiger charge is 2.50. The van der Waals surface area contributed by atoms with Crippen LogP contribution in [0, 0.1) is 0 Å². The molecule has 12 nitrogen and oxygen atoms in total. The Kier molecular flexibility index (Phi) is 40.8. The molecule has 1 heterocycles. The Morgan fingerprint density at radius 1 is 0.493 bits per heavy atom. The Labute approximate surface area is 406 Å². The molecule has 1 aliphatic heterocycles. The summed E-state index contributed by atoms with van der Waals surface area (Å²) in [7, 11) is 0. The minimum Gasteiger partial charge on any atom is -0.479 e. The molecule has 0 amide bonds. The number of carbonyl (C=O) groups excluding carboxylic acids is 3. The lowest BCUT2D eigenvalue weighted by Gasteiger charge is -2.40. The molecule has 67 heavy (non-hydrogen) atoms. The molecule has 0 aromatic heterocycles. The van der Waals surface area contributed by atoms with Gasteiger partial charge in [0, 0.05) is 19.3 Å². The quantitative estimate of drug-likeness (QED) is 0.0228. The van der Waals surface area contributed by atoms with E-state index in [1.807, 2.05) is 0 Å². The Morgan fingerprint density at radius 2 is 0.925 bits per heavy atom. The third-order valence-electron chi connectivity index (χ3n) is 12.2. The van der Waals surface area contributed by atoms with Crippen molar-refractivity contribution in [1.82, 2.24) is 0 Å². The molecule has 12 heteroatoms. The van der Waals surface area contributed by atoms with Gasteiger partial charge in [-0.3, -0.25) is 14.4 Å². The Morgan fingerprint density at radius 3 is 1.43 bits per heavy atom. The third-order valence-corrected chi connectivity index (χ3v) is 12.2. The van der Waals surface area contributed by atoms with Crippen LogP contribution in [0.25, 0.3) is 0 Å². The number of hydrogen-bond donors (Lipinski definition) is 3. The predicted octanol–water partition coefficient (Wildman–Crippen LogP) is 12.9. The van der Waals surface area contributed by atoms with E-state index in [2.05, 4.69) is 57.2 Å². The maximum atomic E-state index is 13.1. The van der Waals surface area contributed by atoms with Crippen LogP contribution in [0.5, 0.6) is 0 Å². The van der Waals surface area contributed by atoms with Crippen LogP contribution in [0.4, 0.5) is 0 Å². The summed E-state index contributed by atoms with van der Waals surface area (Å²) in [5.74, 6) is -3.14. The summed E-state index contributed by atoms with van der Waals surface area (Å²) < 4.78 is 28.3. The average Bonchev–Trinajstić information content (AvgIpc) is 3.31. The highest BCUT2D eigenvalue weighted by molar-refractivity contribution is 5.74. The first kappa shape index (κ1) is 62.0. The fourth-order valence-corrected chi connectivity index (χ4v) is 7.99. The number of carboxylic acid groups (broad SMARTS) is 1. The van der Waals surface area contributed by atoms with E-state index in [-0.39, 0.29) is 25.9 Å². The van der Waals surface area contributed by atoms with E-state index in [9.17, 15) is 34.5 Å². The first-order chi connectivity index (χ1) is 32.6. The zero-order valence-corrected chi connectivity index (χ0v) is 42.4. The maximum absolute atomic E-state index is 13.1. The number of unbranched alkanes of at least 4 members (excludes halogenated alkanes) is 25. The second-order valence-corrected chi connectivity index (χ2v) is 18.5. The van der Waals surface area contributed by atoms with Crippen molar-refractivity contribution in [2.45, 2.75) is 276 Å². The Bertz CT molecular complexity index is 1310. The van der Waals surface area contributed by atoms with Crippen molar-refractivity contribution < 1.29 is 58.2 Å². The number of carboxylic acids is 1. The van der Waals surface area contributed by atoms with Crippen molar-refractivity contribution in [2.24, 2.45) is 0 Å². The molecule has 6 unspecified atom stereocenters. The topological polar surface area (TPSA) is 175 Å². The van der Waals surface area contributed by atoms with Crippen LogP contribution in [-0.4, -0.2) is 89.2 Å². The van der Waals surface area contributed by atoms with Crippen LogP contribution in [0.15, 0.2) is 36.5 Å². The largest absolute Gasteiger partial charge is 0.479 e. The highest BCUT2D eigenvalue weighted by atomic mass is 16.7. The Balaban J connectivity index is 2.74. The molecular weight excluding hydrogens is 853 g/mol. The van der Waals surface area contributed by atoms with Crippen LogP contribution in [-0.2, 0) is 42.9 Å². The second kappa shape index (κ2) is 44.2. The lowest BCUT2D eigenvalue weighted by Crippen LogP contribution is -2.61. The fraction of sp³-hybridized carbons (Fsp3) is 0.818. The average molecular weight is 949 g/mol. The first-order valence-corrected chi connectivity index (χ1v) is 27.0. The molecule has 0 aromatic rings. The Hall–Kier alpha value is -3.06. The van der Waals surface area contributed by atoms with Gasteiger partial charge in [0.05, 0.1) is 6.61 Å². The van der Waals surface area contributed by atoms with Crippen molar-refractivity contribution >= 4 is 23.9 Å². The van der Waals surface area contributed by atoms with Gasteiger partial charge in [-0.2, -0.15) is 0 Å². The fourth-order valence-electron chi connectivity index (χ4n) is 7.99. The van der Waals surface area contributed by atoms with Gasteiger partial charge in [-0.1, -0.05) is 186 Å². The lowest BCUT2D eigenvalue weighted by molar-refractivity contribution is -0.301. The minimum absolute atomic E-state index is 0.0620. The molecule has 1 fully saturated rings. The molecule has 1 aliphatic rings. The molecule has 0 radical (unpaired) electrons. The van der Waals surface area contributed by atoms with Crippen LogP contribution < -0.4 is 0 Å². The molecular formula is C55H96O12. The van der Waals surface area contributed by atoms with Gasteiger partial charge in [-0.15, -0.1) is 0 Å². The lowest BCUT2D eigenvalue weighted by atomic mass is 9.98. The number of hydrogen-bond acceptors (Lipinski definition) is 11. The van der Waals surface area contributed by atoms with Gasteiger partial charge < -0.3 is 39.0 Å². The van der Waals surface area contributed by atoms with Crippen molar-refractivity contribution in [3.63, 3.8) is 0 Å².